The smallest absolute Gasteiger partial charge is 0.234 e. The van der Waals surface area contributed by atoms with Gasteiger partial charge in [-0.05, 0) is 50.7 Å². The van der Waals surface area contributed by atoms with Crippen molar-refractivity contribution >= 4 is 11.6 Å². The molecule has 0 aliphatic heterocycles. The number of nitrogens with one attached hydrogen (secondary N) is 1. The van der Waals surface area contributed by atoms with E-state index >= 15 is 0 Å². The summed E-state index contributed by atoms with van der Waals surface area (Å²) in [5, 5.41) is 7.70. The average Bonchev–Trinajstić information content (AvgIpc) is 3.01. The van der Waals surface area contributed by atoms with Gasteiger partial charge in [0.15, 0.2) is 0 Å². The second kappa shape index (κ2) is 9.59. The molecule has 0 saturated carbocycles. The minimum absolute atomic E-state index is 0.0138. The van der Waals surface area contributed by atoms with Crippen molar-refractivity contribution in [3.05, 3.63) is 77.1 Å². The van der Waals surface area contributed by atoms with Crippen LogP contribution in [0, 0.1) is 13.8 Å². The van der Waals surface area contributed by atoms with E-state index in [1.165, 1.54) is 0 Å². The highest BCUT2D eigenvalue weighted by molar-refractivity contribution is 5.78. The first-order valence-corrected chi connectivity index (χ1v) is 10.2. The van der Waals surface area contributed by atoms with E-state index < -0.39 is 0 Å². The molecule has 1 heterocycles. The third-order valence-corrected chi connectivity index (χ3v) is 5.23. The molecule has 0 spiro atoms. The summed E-state index contributed by atoms with van der Waals surface area (Å²) in [7, 11) is 5.99. The number of benzene rings is 2. The lowest BCUT2D eigenvalue weighted by molar-refractivity contribution is -0.122. The Hall–Kier alpha value is -3.12. The number of carbonyl (C=O) groups excluding carboxylic acids is 1. The number of likely N-dealkylation sites (N-methyl/N-ethyl adjacent to an activating group) is 1. The number of hydrogen-bond donors (Lipinski definition) is 1. The number of amides is 1. The van der Waals surface area contributed by atoms with Crippen LogP contribution in [-0.4, -0.2) is 48.3 Å². The number of para-hydroxylation sites is 1. The van der Waals surface area contributed by atoms with Gasteiger partial charge in [-0.1, -0.05) is 30.3 Å². The van der Waals surface area contributed by atoms with Crippen molar-refractivity contribution in [1.29, 1.82) is 0 Å². The van der Waals surface area contributed by atoms with Gasteiger partial charge in [0.1, 0.15) is 0 Å². The Bertz CT molecular complexity index is 977. The molecule has 0 fully saturated rings. The molecule has 0 saturated heterocycles. The van der Waals surface area contributed by atoms with Crippen LogP contribution in [0.3, 0.4) is 0 Å². The fourth-order valence-electron chi connectivity index (χ4n) is 3.46. The molecule has 6 nitrogen and oxygen atoms in total. The van der Waals surface area contributed by atoms with E-state index in [4.69, 9.17) is 5.10 Å². The quantitative estimate of drug-likeness (QED) is 0.625. The standard InChI is InChI=1S/C24H31N5O/c1-18-23(19(2)29(26-18)22-9-7-6-8-10-22)16-28(5)17-24(30)25-15-20-11-13-21(14-12-20)27(3)4/h6-14H,15-17H2,1-5H3,(H,25,30). The molecule has 0 aliphatic carbocycles. The number of hydrogen-bond acceptors (Lipinski definition) is 4. The van der Waals surface area contributed by atoms with Crippen molar-refractivity contribution in [2.24, 2.45) is 0 Å². The van der Waals surface area contributed by atoms with E-state index in [9.17, 15) is 4.79 Å². The molecule has 30 heavy (non-hydrogen) atoms. The first-order chi connectivity index (χ1) is 14.3. The molecule has 2 aromatic carbocycles. The lowest BCUT2D eigenvalue weighted by Gasteiger charge is -2.17. The monoisotopic (exact) mass is 405 g/mol. The van der Waals surface area contributed by atoms with E-state index in [1.54, 1.807) is 0 Å². The Balaban J connectivity index is 1.56. The Labute approximate surface area is 179 Å². The minimum Gasteiger partial charge on any atom is -0.378 e. The van der Waals surface area contributed by atoms with Crippen molar-refractivity contribution in [2.45, 2.75) is 26.9 Å². The maximum Gasteiger partial charge on any atom is 0.234 e. The summed E-state index contributed by atoms with van der Waals surface area (Å²) in [4.78, 5) is 16.5. The summed E-state index contributed by atoms with van der Waals surface area (Å²) in [5.74, 6) is 0.0138. The molecule has 0 atom stereocenters. The van der Waals surface area contributed by atoms with E-state index in [0.29, 0.717) is 19.6 Å². The summed E-state index contributed by atoms with van der Waals surface area (Å²) < 4.78 is 1.97. The van der Waals surface area contributed by atoms with Crippen LogP contribution in [0.5, 0.6) is 0 Å². The molecular formula is C24H31N5O. The number of carbonyl (C=O) groups is 1. The van der Waals surface area contributed by atoms with Gasteiger partial charge in [-0.15, -0.1) is 0 Å². The SMILES string of the molecule is Cc1nn(-c2ccccc2)c(C)c1CN(C)CC(=O)NCc1ccc(N(C)C)cc1. The molecule has 3 rings (SSSR count). The van der Waals surface area contributed by atoms with Crippen LogP contribution in [0.25, 0.3) is 5.69 Å². The van der Waals surface area contributed by atoms with Gasteiger partial charge in [0.05, 0.1) is 17.9 Å². The third kappa shape index (κ3) is 5.27. The van der Waals surface area contributed by atoms with Gasteiger partial charge >= 0.3 is 0 Å². The van der Waals surface area contributed by atoms with Gasteiger partial charge in [-0.3, -0.25) is 9.69 Å². The summed E-state index contributed by atoms with van der Waals surface area (Å²) in [6, 6.07) is 18.3. The van der Waals surface area contributed by atoms with Crippen LogP contribution in [-0.2, 0) is 17.9 Å². The van der Waals surface area contributed by atoms with Crippen LogP contribution < -0.4 is 10.2 Å². The third-order valence-electron chi connectivity index (χ3n) is 5.23. The Morgan fingerprint density at radius 1 is 1.00 bits per heavy atom. The largest absolute Gasteiger partial charge is 0.378 e. The number of aromatic nitrogens is 2. The van der Waals surface area contributed by atoms with Gasteiger partial charge in [0.2, 0.25) is 5.91 Å². The second-order valence-corrected chi connectivity index (χ2v) is 7.91. The summed E-state index contributed by atoms with van der Waals surface area (Å²) in [5.41, 5.74) is 6.54. The maximum absolute atomic E-state index is 12.4. The predicted molar refractivity (Wildman–Crippen MR) is 122 cm³/mol. The zero-order chi connectivity index (χ0) is 21.7. The lowest BCUT2D eigenvalue weighted by Crippen LogP contribution is -2.34. The zero-order valence-electron chi connectivity index (χ0n) is 18.5. The van der Waals surface area contributed by atoms with Crippen LogP contribution >= 0.6 is 0 Å². The highest BCUT2D eigenvalue weighted by Crippen LogP contribution is 2.19. The van der Waals surface area contributed by atoms with E-state index in [2.05, 4.69) is 29.3 Å². The average molecular weight is 406 g/mol. The number of aryl methyl sites for hydroxylation is 1. The Morgan fingerprint density at radius 2 is 1.67 bits per heavy atom. The normalized spacial score (nSPS) is 11.0. The van der Waals surface area contributed by atoms with Gasteiger partial charge < -0.3 is 10.2 Å². The van der Waals surface area contributed by atoms with Crippen LogP contribution in [0.1, 0.15) is 22.5 Å². The molecule has 1 aromatic heterocycles. The molecule has 0 radical (unpaired) electrons. The fourth-order valence-corrected chi connectivity index (χ4v) is 3.46. The molecule has 0 unspecified atom stereocenters. The molecule has 158 valence electrons. The summed E-state index contributed by atoms with van der Waals surface area (Å²) >= 11 is 0. The van der Waals surface area contributed by atoms with Crippen LogP contribution in [0.4, 0.5) is 5.69 Å². The molecule has 1 amide bonds. The number of nitrogens with zero attached hydrogens (tertiary/aromatic N) is 4. The topological polar surface area (TPSA) is 53.4 Å². The van der Waals surface area contributed by atoms with Crippen molar-refractivity contribution in [1.82, 2.24) is 20.0 Å². The van der Waals surface area contributed by atoms with Crippen LogP contribution in [0.2, 0.25) is 0 Å². The highest BCUT2D eigenvalue weighted by atomic mass is 16.2. The van der Waals surface area contributed by atoms with Gasteiger partial charge in [0.25, 0.3) is 0 Å². The van der Waals surface area contributed by atoms with E-state index in [-0.39, 0.29) is 5.91 Å². The predicted octanol–water partition coefficient (Wildman–Crippen LogP) is 3.30. The zero-order valence-corrected chi connectivity index (χ0v) is 18.5. The number of anilines is 1. The Morgan fingerprint density at radius 3 is 2.30 bits per heavy atom. The van der Waals surface area contributed by atoms with Gasteiger partial charge in [0, 0.05) is 44.1 Å². The maximum atomic E-state index is 12.4. The van der Waals surface area contributed by atoms with Crippen molar-refractivity contribution in [3.63, 3.8) is 0 Å². The highest BCUT2D eigenvalue weighted by Gasteiger charge is 2.16. The molecular weight excluding hydrogens is 374 g/mol. The van der Waals surface area contributed by atoms with Crippen molar-refractivity contribution in [2.75, 3.05) is 32.6 Å². The molecule has 0 bridgehead atoms. The first kappa shape index (κ1) is 21.6. The van der Waals surface area contributed by atoms with Gasteiger partial charge in [-0.25, -0.2) is 4.68 Å². The second-order valence-electron chi connectivity index (χ2n) is 7.91. The van der Waals surface area contributed by atoms with E-state index in [0.717, 1.165) is 33.9 Å². The lowest BCUT2D eigenvalue weighted by atomic mass is 10.2. The minimum atomic E-state index is 0.0138. The first-order valence-electron chi connectivity index (χ1n) is 10.2. The van der Waals surface area contributed by atoms with Crippen LogP contribution in [0.15, 0.2) is 54.6 Å². The fraction of sp³-hybridized carbons (Fsp3) is 0.333. The molecule has 6 heteroatoms. The molecule has 3 aromatic rings. The van der Waals surface area contributed by atoms with E-state index in [1.807, 2.05) is 80.1 Å². The molecule has 0 aliphatic rings. The van der Waals surface area contributed by atoms with Crippen molar-refractivity contribution in [3.8, 4) is 5.69 Å². The van der Waals surface area contributed by atoms with Crippen molar-refractivity contribution < 1.29 is 4.79 Å². The number of rotatable bonds is 8. The summed E-state index contributed by atoms with van der Waals surface area (Å²) in [6.45, 7) is 5.64. The van der Waals surface area contributed by atoms with Gasteiger partial charge in [-0.2, -0.15) is 5.10 Å². The molecule has 1 N–H and O–H groups in total. The summed E-state index contributed by atoms with van der Waals surface area (Å²) in [6.07, 6.45) is 0. The Kier molecular flexibility index (Phi) is 6.90.